The average Bonchev–Trinajstić information content (AvgIpc) is 3.29. The molecular formula is C21H17Cl2N7O2. The number of rotatable bonds is 7. The van der Waals surface area contributed by atoms with E-state index in [1.807, 2.05) is 13.0 Å². The van der Waals surface area contributed by atoms with Crippen molar-refractivity contribution >= 4 is 34.7 Å². The molecule has 2 N–H and O–H groups in total. The molecule has 4 rings (SSSR count). The van der Waals surface area contributed by atoms with Gasteiger partial charge in [-0.05, 0) is 31.2 Å². The molecule has 1 aromatic carbocycles. The molecule has 0 saturated carbocycles. The number of imidazole rings is 1. The summed E-state index contributed by atoms with van der Waals surface area (Å²) in [7, 11) is 0. The van der Waals surface area contributed by atoms with Gasteiger partial charge in [-0.2, -0.15) is 0 Å². The highest BCUT2D eigenvalue weighted by Gasteiger charge is 2.17. The van der Waals surface area contributed by atoms with Crippen molar-refractivity contribution in [1.82, 2.24) is 24.9 Å². The van der Waals surface area contributed by atoms with Gasteiger partial charge in [-0.1, -0.05) is 23.2 Å². The lowest BCUT2D eigenvalue weighted by molar-refractivity contribution is -0.385. The van der Waals surface area contributed by atoms with Gasteiger partial charge in [0, 0.05) is 47.7 Å². The normalized spacial score (nSPS) is 11.8. The molecule has 0 aliphatic heterocycles. The van der Waals surface area contributed by atoms with Crippen LogP contribution in [-0.4, -0.2) is 35.9 Å². The molecule has 9 nitrogen and oxygen atoms in total. The molecule has 0 radical (unpaired) electrons. The lowest BCUT2D eigenvalue weighted by Gasteiger charge is -2.15. The van der Waals surface area contributed by atoms with Crippen molar-refractivity contribution in [3.05, 3.63) is 81.1 Å². The smallest absolute Gasteiger partial charge is 0.287 e. The third-order valence-electron chi connectivity index (χ3n) is 4.62. The summed E-state index contributed by atoms with van der Waals surface area (Å²) in [5.41, 5.74) is 1.99. The topological polar surface area (TPSA) is 123 Å². The van der Waals surface area contributed by atoms with Gasteiger partial charge < -0.3 is 10.3 Å². The van der Waals surface area contributed by atoms with E-state index in [1.54, 1.807) is 36.8 Å². The number of anilines is 1. The van der Waals surface area contributed by atoms with Crippen molar-refractivity contribution in [3.63, 3.8) is 0 Å². The van der Waals surface area contributed by atoms with E-state index in [0.717, 1.165) is 0 Å². The maximum atomic E-state index is 10.8. The van der Waals surface area contributed by atoms with E-state index in [-0.39, 0.29) is 11.7 Å². The largest absolute Gasteiger partial charge is 0.367 e. The Morgan fingerprint density at radius 1 is 1.12 bits per heavy atom. The van der Waals surface area contributed by atoms with Crippen LogP contribution >= 0.6 is 23.2 Å². The molecule has 0 aliphatic carbocycles. The van der Waals surface area contributed by atoms with Crippen molar-refractivity contribution in [2.24, 2.45) is 0 Å². The Labute approximate surface area is 193 Å². The molecule has 1 unspecified atom stereocenters. The standard InChI is InChI=1S/C21H17Cl2N7O2/c1-12(28-18-5-3-14(10-26-18)30(31)32)8-19-27-11-16(21-24-6-7-25-21)20(29-19)15-4-2-13(22)9-17(15)23/h2-7,9-12H,8H2,1H3,(H,24,25)(H,26,28). The van der Waals surface area contributed by atoms with E-state index in [9.17, 15) is 10.1 Å². The summed E-state index contributed by atoms with van der Waals surface area (Å²) in [6, 6.07) is 8.10. The second-order valence-electron chi connectivity index (χ2n) is 7.02. The minimum absolute atomic E-state index is 0.0652. The molecule has 1 atom stereocenters. The number of aromatic amines is 1. The molecule has 0 amide bonds. The van der Waals surface area contributed by atoms with Crippen LogP contribution in [0.5, 0.6) is 0 Å². The summed E-state index contributed by atoms with van der Waals surface area (Å²) in [6.45, 7) is 1.95. The minimum Gasteiger partial charge on any atom is -0.367 e. The number of nitro groups is 1. The Hall–Kier alpha value is -3.56. The highest BCUT2D eigenvalue weighted by Crippen LogP contribution is 2.34. The van der Waals surface area contributed by atoms with Crippen LogP contribution in [0.15, 0.2) is 55.1 Å². The van der Waals surface area contributed by atoms with Gasteiger partial charge in [-0.25, -0.2) is 19.9 Å². The van der Waals surface area contributed by atoms with Crippen LogP contribution in [0.2, 0.25) is 10.0 Å². The number of hydrogen-bond acceptors (Lipinski definition) is 7. The number of halogens is 2. The van der Waals surface area contributed by atoms with Gasteiger partial charge in [0.2, 0.25) is 0 Å². The lowest BCUT2D eigenvalue weighted by atomic mass is 10.1. The number of aromatic nitrogens is 5. The number of nitrogens with zero attached hydrogens (tertiary/aromatic N) is 5. The third kappa shape index (κ3) is 4.84. The van der Waals surface area contributed by atoms with E-state index in [2.05, 4.69) is 25.3 Å². The molecule has 3 heterocycles. The number of H-pyrrole nitrogens is 1. The molecule has 32 heavy (non-hydrogen) atoms. The maximum Gasteiger partial charge on any atom is 0.287 e. The lowest BCUT2D eigenvalue weighted by Crippen LogP contribution is -2.20. The number of hydrogen-bond donors (Lipinski definition) is 2. The highest BCUT2D eigenvalue weighted by atomic mass is 35.5. The van der Waals surface area contributed by atoms with E-state index in [1.165, 1.54) is 12.3 Å². The molecule has 11 heteroatoms. The summed E-state index contributed by atoms with van der Waals surface area (Å²) in [6.07, 6.45) is 6.78. The molecular weight excluding hydrogens is 453 g/mol. The molecule has 0 aliphatic rings. The SMILES string of the molecule is CC(Cc1ncc(-c2ncc[nH]2)c(-c2ccc(Cl)cc2Cl)n1)Nc1ccc([N+](=O)[O-])cn1. The van der Waals surface area contributed by atoms with Gasteiger partial charge in [0.05, 0.1) is 21.2 Å². The van der Waals surface area contributed by atoms with Gasteiger partial charge >= 0.3 is 0 Å². The van der Waals surface area contributed by atoms with Gasteiger partial charge in [0.25, 0.3) is 5.69 Å². The predicted molar refractivity (Wildman–Crippen MR) is 123 cm³/mol. The second-order valence-corrected chi connectivity index (χ2v) is 7.86. The van der Waals surface area contributed by atoms with Crippen LogP contribution < -0.4 is 5.32 Å². The zero-order valence-electron chi connectivity index (χ0n) is 16.8. The first-order valence-corrected chi connectivity index (χ1v) is 10.3. The first-order valence-electron chi connectivity index (χ1n) is 9.59. The Morgan fingerprint density at radius 3 is 2.62 bits per heavy atom. The quantitative estimate of drug-likeness (QED) is 0.282. The van der Waals surface area contributed by atoms with Crippen LogP contribution in [-0.2, 0) is 6.42 Å². The number of benzene rings is 1. The number of pyridine rings is 1. The van der Waals surface area contributed by atoms with Gasteiger partial charge in [-0.3, -0.25) is 10.1 Å². The zero-order valence-corrected chi connectivity index (χ0v) is 18.3. The molecule has 0 saturated heterocycles. The average molecular weight is 470 g/mol. The first kappa shape index (κ1) is 21.7. The van der Waals surface area contributed by atoms with Crippen LogP contribution in [0.4, 0.5) is 11.5 Å². The second kappa shape index (κ2) is 9.29. The molecule has 0 spiro atoms. The van der Waals surface area contributed by atoms with Crippen LogP contribution in [0.1, 0.15) is 12.7 Å². The highest BCUT2D eigenvalue weighted by molar-refractivity contribution is 6.36. The van der Waals surface area contributed by atoms with E-state index >= 15 is 0 Å². The Balaban J connectivity index is 1.61. The van der Waals surface area contributed by atoms with Crippen molar-refractivity contribution in [3.8, 4) is 22.6 Å². The maximum absolute atomic E-state index is 10.8. The Bertz CT molecular complexity index is 1250. The van der Waals surface area contributed by atoms with Gasteiger partial charge in [0.15, 0.2) is 0 Å². The third-order valence-corrected chi connectivity index (χ3v) is 5.17. The van der Waals surface area contributed by atoms with E-state index < -0.39 is 4.92 Å². The zero-order chi connectivity index (χ0) is 22.7. The predicted octanol–water partition coefficient (Wildman–Crippen LogP) is 5.19. The van der Waals surface area contributed by atoms with E-state index in [0.29, 0.717) is 50.8 Å². The van der Waals surface area contributed by atoms with Gasteiger partial charge in [0.1, 0.15) is 23.7 Å². The molecule has 162 valence electrons. The fourth-order valence-corrected chi connectivity index (χ4v) is 3.64. The Morgan fingerprint density at radius 2 is 1.97 bits per heavy atom. The molecule has 3 aromatic heterocycles. The fraction of sp³-hybridized carbons (Fsp3) is 0.143. The van der Waals surface area contributed by atoms with Crippen molar-refractivity contribution in [1.29, 1.82) is 0 Å². The first-order chi connectivity index (χ1) is 15.4. The van der Waals surface area contributed by atoms with Crippen molar-refractivity contribution in [2.75, 3.05) is 5.32 Å². The fourth-order valence-electron chi connectivity index (χ4n) is 3.15. The summed E-state index contributed by atoms with van der Waals surface area (Å²) in [5.74, 6) is 1.73. The molecule has 4 aromatic rings. The van der Waals surface area contributed by atoms with Crippen LogP contribution in [0, 0.1) is 10.1 Å². The van der Waals surface area contributed by atoms with Crippen LogP contribution in [0.25, 0.3) is 22.6 Å². The molecule has 0 bridgehead atoms. The Kier molecular flexibility index (Phi) is 6.29. The minimum atomic E-state index is -0.488. The van der Waals surface area contributed by atoms with Crippen molar-refractivity contribution in [2.45, 2.75) is 19.4 Å². The van der Waals surface area contributed by atoms with E-state index in [4.69, 9.17) is 28.2 Å². The number of nitrogens with one attached hydrogen (secondary N) is 2. The summed E-state index contributed by atoms with van der Waals surface area (Å²) in [5, 5.41) is 15.0. The van der Waals surface area contributed by atoms with Crippen LogP contribution in [0.3, 0.4) is 0 Å². The molecule has 0 fully saturated rings. The van der Waals surface area contributed by atoms with Crippen molar-refractivity contribution < 1.29 is 4.92 Å². The summed E-state index contributed by atoms with van der Waals surface area (Å²) < 4.78 is 0. The summed E-state index contributed by atoms with van der Waals surface area (Å²) in [4.78, 5) is 31.0. The van der Waals surface area contributed by atoms with Gasteiger partial charge in [-0.15, -0.1) is 0 Å². The monoisotopic (exact) mass is 469 g/mol. The summed E-state index contributed by atoms with van der Waals surface area (Å²) >= 11 is 12.5.